The predicted molar refractivity (Wildman–Crippen MR) is 124 cm³/mol. The summed E-state index contributed by atoms with van der Waals surface area (Å²) in [7, 11) is 1.51. The van der Waals surface area contributed by atoms with Crippen molar-refractivity contribution in [2.45, 2.75) is 45.1 Å². The molecule has 3 N–H and O–H groups in total. The quantitative estimate of drug-likeness (QED) is 0.619. The molecule has 0 saturated heterocycles. The molecule has 2 amide bonds. The van der Waals surface area contributed by atoms with E-state index in [0.29, 0.717) is 28.9 Å². The second kappa shape index (κ2) is 9.59. The number of hydrogen-bond donors (Lipinski definition) is 2. The van der Waals surface area contributed by atoms with Gasteiger partial charge in [0, 0.05) is 30.1 Å². The highest BCUT2D eigenvalue weighted by molar-refractivity contribution is 6.03. The molecule has 3 aromatic rings. The molecule has 1 fully saturated rings. The summed E-state index contributed by atoms with van der Waals surface area (Å²) in [4.78, 5) is 32.3. The van der Waals surface area contributed by atoms with Crippen molar-refractivity contribution < 1.29 is 9.53 Å². The normalized spacial score (nSPS) is 14.1. The first kappa shape index (κ1) is 21.5. The highest BCUT2D eigenvalue weighted by Crippen LogP contribution is 2.32. The van der Waals surface area contributed by atoms with Crippen LogP contribution in [-0.4, -0.2) is 39.1 Å². The van der Waals surface area contributed by atoms with Gasteiger partial charge in [0.1, 0.15) is 12.1 Å². The smallest absolute Gasteiger partial charge is 0.328 e. The van der Waals surface area contributed by atoms with Gasteiger partial charge < -0.3 is 10.5 Å². The number of anilines is 3. The van der Waals surface area contributed by atoms with E-state index >= 15 is 0 Å². The molecule has 166 valence electrons. The molecule has 9 nitrogen and oxygen atoms in total. The zero-order valence-electron chi connectivity index (χ0n) is 18.3. The van der Waals surface area contributed by atoms with E-state index in [2.05, 4.69) is 20.3 Å². The topological polar surface area (TPSA) is 119 Å². The van der Waals surface area contributed by atoms with Gasteiger partial charge in [-0.3, -0.25) is 15.2 Å². The molecule has 0 atom stereocenters. The van der Waals surface area contributed by atoms with Crippen molar-refractivity contribution >= 4 is 23.4 Å². The van der Waals surface area contributed by atoms with Gasteiger partial charge in [-0.2, -0.15) is 0 Å². The van der Waals surface area contributed by atoms with Crippen LogP contribution in [0.25, 0.3) is 11.3 Å². The number of rotatable bonds is 5. The van der Waals surface area contributed by atoms with Gasteiger partial charge in [-0.05, 0) is 43.5 Å². The van der Waals surface area contributed by atoms with Crippen molar-refractivity contribution in [3.8, 4) is 17.1 Å². The summed E-state index contributed by atoms with van der Waals surface area (Å²) in [5.74, 6) is 1.15. The van der Waals surface area contributed by atoms with Crippen LogP contribution in [0.5, 0.6) is 5.88 Å². The van der Waals surface area contributed by atoms with E-state index in [1.807, 2.05) is 19.1 Å². The number of aryl methyl sites for hydroxylation is 1. The third-order valence-electron chi connectivity index (χ3n) is 5.55. The van der Waals surface area contributed by atoms with Crippen LogP contribution in [0.2, 0.25) is 0 Å². The first-order chi connectivity index (χ1) is 15.5. The molecule has 0 aromatic carbocycles. The van der Waals surface area contributed by atoms with Crippen molar-refractivity contribution in [2.24, 2.45) is 0 Å². The number of nitrogens with zero attached hydrogens (tertiary/aromatic N) is 5. The van der Waals surface area contributed by atoms with E-state index in [1.54, 1.807) is 29.4 Å². The summed E-state index contributed by atoms with van der Waals surface area (Å²) >= 11 is 0. The van der Waals surface area contributed by atoms with Crippen LogP contribution >= 0.6 is 0 Å². The van der Waals surface area contributed by atoms with Crippen molar-refractivity contribution in [3.05, 3.63) is 48.5 Å². The molecule has 32 heavy (non-hydrogen) atoms. The molecular weight excluding hydrogens is 406 g/mol. The molecule has 3 aromatic heterocycles. The van der Waals surface area contributed by atoms with Crippen LogP contribution in [0.4, 0.5) is 22.1 Å². The predicted octanol–water partition coefficient (Wildman–Crippen LogP) is 4.20. The molecule has 1 aliphatic carbocycles. The molecule has 0 unspecified atom stereocenters. The Hall–Kier alpha value is -3.75. The number of amides is 2. The standard InChI is InChI=1S/C23H27N7O2/c1-15-10-16(13-25-12-15)19-9-8-18(24)22(28-19)30(17-6-4-3-5-7-17)23(31)29-20-11-21(32-2)27-14-26-20/h8-14,17H,3-7,24H2,1-2H3,(H,26,27,29,31). The number of carbonyl (C=O) groups is 1. The molecule has 1 saturated carbocycles. The Balaban J connectivity index is 1.71. The molecule has 0 radical (unpaired) electrons. The van der Waals surface area contributed by atoms with Gasteiger partial charge in [0.25, 0.3) is 0 Å². The van der Waals surface area contributed by atoms with Crippen molar-refractivity contribution in [1.82, 2.24) is 19.9 Å². The number of ether oxygens (including phenoxy) is 1. The first-order valence-electron chi connectivity index (χ1n) is 10.7. The van der Waals surface area contributed by atoms with E-state index in [4.69, 9.17) is 15.5 Å². The lowest BCUT2D eigenvalue weighted by atomic mass is 9.94. The van der Waals surface area contributed by atoms with E-state index in [-0.39, 0.29) is 12.1 Å². The highest BCUT2D eigenvalue weighted by Gasteiger charge is 2.30. The summed E-state index contributed by atoms with van der Waals surface area (Å²) in [5.41, 5.74) is 9.39. The number of aromatic nitrogens is 4. The summed E-state index contributed by atoms with van der Waals surface area (Å²) in [6.07, 6.45) is 9.93. The van der Waals surface area contributed by atoms with E-state index in [0.717, 1.165) is 43.2 Å². The minimum atomic E-state index is -0.337. The number of hydrogen-bond acceptors (Lipinski definition) is 7. The summed E-state index contributed by atoms with van der Waals surface area (Å²) in [5, 5.41) is 2.86. The van der Waals surface area contributed by atoms with E-state index in [1.165, 1.54) is 13.4 Å². The molecule has 3 heterocycles. The third kappa shape index (κ3) is 4.77. The van der Waals surface area contributed by atoms with E-state index in [9.17, 15) is 4.79 Å². The van der Waals surface area contributed by atoms with Gasteiger partial charge in [0.2, 0.25) is 5.88 Å². The second-order valence-corrected chi connectivity index (χ2v) is 7.90. The first-order valence-corrected chi connectivity index (χ1v) is 10.7. The zero-order valence-corrected chi connectivity index (χ0v) is 18.3. The minimum Gasteiger partial charge on any atom is -0.481 e. The lowest BCUT2D eigenvalue weighted by Gasteiger charge is -2.34. The Bertz CT molecular complexity index is 1100. The number of nitrogen functional groups attached to an aromatic ring is 1. The zero-order chi connectivity index (χ0) is 22.5. The monoisotopic (exact) mass is 433 g/mol. The maximum Gasteiger partial charge on any atom is 0.328 e. The van der Waals surface area contributed by atoms with Gasteiger partial charge in [-0.15, -0.1) is 0 Å². The van der Waals surface area contributed by atoms with Crippen molar-refractivity contribution in [1.29, 1.82) is 0 Å². The Morgan fingerprint density at radius 1 is 1.16 bits per heavy atom. The fourth-order valence-electron chi connectivity index (χ4n) is 3.97. The van der Waals surface area contributed by atoms with Crippen LogP contribution in [0.3, 0.4) is 0 Å². The van der Waals surface area contributed by atoms with Crippen LogP contribution in [0, 0.1) is 6.92 Å². The second-order valence-electron chi connectivity index (χ2n) is 7.90. The van der Waals surface area contributed by atoms with Gasteiger partial charge in [-0.1, -0.05) is 19.3 Å². The Morgan fingerprint density at radius 2 is 1.97 bits per heavy atom. The lowest BCUT2D eigenvalue weighted by molar-refractivity contribution is 0.252. The molecular formula is C23H27N7O2. The number of methoxy groups -OCH3 is 1. The molecule has 0 aliphatic heterocycles. The highest BCUT2D eigenvalue weighted by atomic mass is 16.5. The third-order valence-corrected chi connectivity index (χ3v) is 5.55. The molecule has 9 heteroatoms. The summed E-state index contributed by atoms with van der Waals surface area (Å²) < 4.78 is 5.14. The minimum absolute atomic E-state index is 0.00633. The molecule has 1 aliphatic rings. The van der Waals surface area contributed by atoms with Crippen LogP contribution < -0.4 is 20.7 Å². The van der Waals surface area contributed by atoms with Gasteiger partial charge in [0.05, 0.1) is 18.5 Å². The van der Waals surface area contributed by atoms with Crippen molar-refractivity contribution in [3.63, 3.8) is 0 Å². The lowest BCUT2D eigenvalue weighted by Crippen LogP contribution is -2.45. The van der Waals surface area contributed by atoms with Crippen LogP contribution in [0.1, 0.15) is 37.7 Å². The van der Waals surface area contributed by atoms with Crippen molar-refractivity contribution in [2.75, 3.05) is 23.1 Å². The van der Waals surface area contributed by atoms with Gasteiger partial charge >= 0.3 is 6.03 Å². The summed E-state index contributed by atoms with van der Waals surface area (Å²) in [6.45, 7) is 1.98. The number of carbonyl (C=O) groups excluding carboxylic acids is 1. The van der Waals surface area contributed by atoms with E-state index < -0.39 is 0 Å². The average Bonchev–Trinajstić information content (AvgIpc) is 2.81. The number of urea groups is 1. The Kier molecular flexibility index (Phi) is 6.44. The number of pyridine rings is 2. The average molecular weight is 434 g/mol. The van der Waals surface area contributed by atoms with Gasteiger partial charge in [0.15, 0.2) is 5.82 Å². The maximum absolute atomic E-state index is 13.5. The SMILES string of the molecule is COc1cc(NC(=O)N(c2nc(-c3cncc(C)c3)ccc2N)C2CCCCC2)ncn1. The summed E-state index contributed by atoms with van der Waals surface area (Å²) in [6, 6.07) is 6.87. The largest absolute Gasteiger partial charge is 0.481 e. The molecule has 0 spiro atoms. The Labute approximate surface area is 187 Å². The van der Waals surface area contributed by atoms with Gasteiger partial charge in [-0.25, -0.2) is 19.7 Å². The number of nitrogens with two attached hydrogens (primary N) is 1. The fraction of sp³-hybridized carbons (Fsp3) is 0.348. The Morgan fingerprint density at radius 3 is 2.72 bits per heavy atom. The number of nitrogens with one attached hydrogen (secondary N) is 1. The fourth-order valence-corrected chi connectivity index (χ4v) is 3.97. The van der Waals surface area contributed by atoms with Crippen LogP contribution in [0.15, 0.2) is 43.0 Å². The molecule has 0 bridgehead atoms. The van der Waals surface area contributed by atoms with Crippen LogP contribution in [-0.2, 0) is 0 Å². The maximum atomic E-state index is 13.5. The molecule has 4 rings (SSSR count).